The minimum absolute atomic E-state index is 0.0176. The van der Waals surface area contributed by atoms with Crippen LogP contribution >= 0.6 is 0 Å². The third-order valence-corrected chi connectivity index (χ3v) is 9.05. The fraction of sp³-hybridized carbons (Fsp3) is 0.676. The first-order chi connectivity index (χ1) is 22.9. The predicted molar refractivity (Wildman–Crippen MR) is 182 cm³/mol. The molecule has 5 amide bonds. The van der Waals surface area contributed by atoms with Crippen LogP contribution in [0, 0.1) is 11.8 Å². The van der Waals surface area contributed by atoms with Crippen LogP contribution in [0.3, 0.4) is 0 Å². The number of nitrogens with two attached hydrogens (primary N) is 3. The van der Waals surface area contributed by atoms with Gasteiger partial charge in [-0.2, -0.15) is 0 Å². The van der Waals surface area contributed by atoms with Crippen molar-refractivity contribution in [1.82, 2.24) is 25.8 Å². The van der Waals surface area contributed by atoms with Gasteiger partial charge in [0.2, 0.25) is 17.7 Å². The second-order valence-corrected chi connectivity index (χ2v) is 13.7. The molecule has 2 aliphatic rings. The van der Waals surface area contributed by atoms with Gasteiger partial charge in [-0.1, -0.05) is 44.2 Å². The smallest absolute Gasteiger partial charge is 0.323 e. The summed E-state index contributed by atoms with van der Waals surface area (Å²) in [6.45, 7) is 5.81. The van der Waals surface area contributed by atoms with Crippen molar-refractivity contribution in [2.24, 2.45) is 29.0 Å². The van der Waals surface area contributed by atoms with Crippen LogP contribution in [0.1, 0.15) is 70.8 Å². The summed E-state index contributed by atoms with van der Waals surface area (Å²) in [4.78, 5) is 69.5. The molecule has 268 valence electrons. The van der Waals surface area contributed by atoms with Gasteiger partial charge in [-0.05, 0) is 75.3 Å². The van der Waals surface area contributed by atoms with E-state index < -0.39 is 41.4 Å². The van der Waals surface area contributed by atoms with Gasteiger partial charge in [0, 0.05) is 39.1 Å². The fourth-order valence-corrected chi connectivity index (χ4v) is 5.90. The largest absolute Gasteiger partial charge is 0.480 e. The van der Waals surface area contributed by atoms with Gasteiger partial charge in [-0.3, -0.25) is 19.2 Å². The van der Waals surface area contributed by atoms with Crippen molar-refractivity contribution in [2.75, 3.05) is 39.3 Å². The van der Waals surface area contributed by atoms with Gasteiger partial charge in [-0.25, -0.2) is 4.79 Å². The van der Waals surface area contributed by atoms with E-state index in [2.05, 4.69) is 16.0 Å². The number of amides is 5. The van der Waals surface area contributed by atoms with E-state index in [0.717, 1.165) is 18.4 Å². The Morgan fingerprint density at radius 3 is 2.10 bits per heavy atom. The van der Waals surface area contributed by atoms with Gasteiger partial charge in [-0.15, -0.1) is 0 Å². The molecule has 2 fully saturated rings. The minimum atomic E-state index is -1.40. The number of carbonyl (C=O) groups is 5. The molecule has 0 aromatic heterocycles. The van der Waals surface area contributed by atoms with Crippen molar-refractivity contribution in [3.63, 3.8) is 0 Å². The van der Waals surface area contributed by atoms with E-state index in [1.165, 1.54) is 4.90 Å². The topological polar surface area (TPSA) is 226 Å². The van der Waals surface area contributed by atoms with Gasteiger partial charge in [0.1, 0.15) is 23.7 Å². The van der Waals surface area contributed by atoms with E-state index in [1.54, 1.807) is 4.90 Å². The van der Waals surface area contributed by atoms with Gasteiger partial charge < -0.3 is 48.1 Å². The zero-order valence-corrected chi connectivity index (χ0v) is 28.5. The maximum atomic E-state index is 13.9. The lowest BCUT2D eigenvalue weighted by atomic mass is 9.88. The van der Waals surface area contributed by atoms with Crippen LogP contribution < -0.4 is 33.2 Å². The molecule has 1 saturated carbocycles. The molecule has 1 aliphatic carbocycles. The summed E-state index contributed by atoms with van der Waals surface area (Å²) in [5, 5.41) is 18.1. The Balaban J connectivity index is 1.77. The zero-order chi connectivity index (χ0) is 35.3. The Morgan fingerprint density at radius 2 is 1.54 bits per heavy atom. The lowest BCUT2D eigenvalue weighted by Crippen LogP contribution is -2.60. The summed E-state index contributed by atoms with van der Waals surface area (Å²) < 4.78 is 0. The minimum Gasteiger partial charge on any atom is -0.480 e. The number of carbonyl (C=O) groups excluding carboxylic acids is 4. The quantitative estimate of drug-likeness (QED) is 0.102. The number of nitrogens with one attached hydrogen (secondary N) is 3. The second-order valence-electron chi connectivity index (χ2n) is 13.7. The molecule has 1 saturated heterocycles. The Labute approximate surface area is 283 Å². The van der Waals surface area contributed by atoms with E-state index in [4.69, 9.17) is 17.2 Å². The lowest BCUT2D eigenvalue weighted by molar-refractivity contribution is -0.148. The van der Waals surface area contributed by atoms with Crippen molar-refractivity contribution >= 4 is 29.7 Å². The predicted octanol–water partition coefficient (Wildman–Crippen LogP) is 0.527. The highest BCUT2D eigenvalue weighted by Gasteiger charge is 2.40. The number of urea groups is 1. The summed E-state index contributed by atoms with van der Waals surface area (Å²) in [5.74, 6) is -2.00. The molecule has 1 aliphatic heterocycles. The molecule has 3 rings (SSSR count). The number of piperidine rings is 1. The summed E-state index contributed by atoms with van der Waals surface area (Å²) in [7, 11) is 0. The first-order valence-electron chi connectivity index (χ1n) is 17.3. The van der Waals surface area contributed by atoms with E-state index in [0.29, 0.717) is 57.8 Å². The van der Waals surface area contributed by atoms with Gasteiger partial charge in [0.05, 0.1) is 0 Å². The number of hydrogen-bond donors (Lipinski definition) is 7. The maximum Gasteiger partial charge on any atom is 0.323 e. The first kappa shape index (κ1) is 38.7. The summed E-state index contributed by atoms with van der Waals surface area (Å²) in [6.07, 6.45) is 4.38. The molecule has 0 unspecified atom stereocenters. The number of benzene rings is 1. The molecular weight excluding hydrogens is 616 g/mol. The van der Waals surface area contributed by atoms with Gasteiger partial charge in [0.15, 0.2) is 0 Å². The van der Waals surface area contributed by atoms with Crippen molar-refractivity contribution in [3.8, 4) is 0 Å². The maximum absolute atomic E-state index is 13.9. The van der Waals surface area contributed by atoms with Crippen LogP contribution in [0.2, 0.25) is 0 Å². The van der Waals surface area contributed by atoms with Crippen LogP contribution in [0.15, 0.2) is 30.3 Å². The third kappa shape index (κ3) is 12.0. The van der Waals surface area contributed by atoms with Gasteiger partial charge >= 0.3 is 12.0 Å². The number of hydrogen-bond acceptors (Lipinski definition) is 8. The summed E-state index contributed by atoms with van der Waals surface area (Å²) >= 11 is 0. The number of carboxylic acids is 1. The van der Waals surface area contributed by atoms with Crippen molar-refractivity contribution in [1.29, 1.82) is 0 Å². The van der Waals surface area contributed by atoms with E-state index >= 15 is 0 Å². The molecule has 1 aromatic carbocycles. The van der Waals surface area contributed by atoms with Gasteiger partial charge in [0.25, 0.3) is 0 Å². The van der Waals surface area contributed by atoms with Crippen molar-refractivity contribution in [3.05, 3.63) is 35.9 Å². The third-order valence-electron chi connectivity index (χ3n) is 9.05. The standard InChI is InChI=1S/C34H56N8O6/c1-23(2)20-27(29(43)38-26(10-6-7-15-35)31(45)41-17-13-34(37,14-18-41)32(46)47)39-30(44)28(21-24-8-4-3-5-9-24)40-33(48)42(19-16-36)22-25-11-12-25/h3-5,8-9,23,25-28H,6-7,10-22,35-37H2,1-2H3,(H,38,43)(H,39,44)(H,40,48)(H,46,47)/t26-,27-,28-/m1/s1. The Hall–Kier alpha value is -3.75. The molecule has 0 spiro atoms. The number of nitrogens with zero attached hydrogens (tertiary/aromatic N) is 2. The average Bonchev–Trinajstić information content (AvgIpc) is 3.88. The van der Waals surface area contributed by atoms with E-state index in [-0.39, 0.29) is 50.2 Å². The van der Waals surface area contributed by atoms with Crippen LogP contribution in [0.5, 0.6) is 0 Å². The molecule has 10 N–H and O–H groups in total. The zero-order valence-electron chi connectivity index (χ0n) is 28.5. The van der Waals surface area contributed by atoms with E-state index in [1.807, 2.05) is 44.2 Å². The molecule has 1 aromatic rings. The highest BCUT2D eigenvalue weighted by molar-refractivity contribution is 5.94. The molecule has 3 atom stereocenters. The van der Waals surface area contributed by atoms with Crippen LogP contribution in [0.4, 0.5) is 4.79 Å². The number of aliphatic carboxylic acids is 1. The second kappa shape index (κ2) is 18.7. The van der Waals surface area contributed by atoms with Crippen molar-refractivity contribution < 1.29 is 29.1 Å². The van der Waals surface area contributed by atoms with Crippen molar-refractivity contribution in [2.45, 2.75) is 95.3 Å². The number of carboxylic acid groups (broad SMARTS) is 1. The lowest BCUT2D eigenvalue weighted by Gasteiger charge is -2.38. The summed E-state index contributed by atoms with van der Waals surface area (Å²) in [6, 6.07) is 6.10. The fourth-order valence-electron chi connectivity index (χ4n) is 5.90. The molecular formula is C34H56N8O6. The number of unbranched alkanes of at least 4 members (excludes halogenated alkanes) is 1. The Kier molecular flexibility index (Phi) is 15.1. The highest BCUT2D eigenvalue weighted by atomic mass is 16.4. The molecule has 1 heterocycles. The average molecular weight is 673 g/mol. The molecule has 14 nitrogen and oxygen atoms in total. The van der Waals surface area contributed by atoms with Crippen LogP contribution in [-0.4, -0.2) is 108 Å². The monoisotopic (exact) mass is 672 g/mol. The normalized spacial score (nSPS) is 17.6. The first-order valence-corrected chi connectivity index (χ1v) is 17.3. The highest BCUT2D eigenvalue weighted by Crippen LogP contribution is 2.29. The molecule has 0 radical (unpaired) electrons. The number of rotatable bonds is 19. The Morgan fingerprint density at radius 1 is 0.917 bits per heavy atom. The van der Waals surface area contributed by atoms with Crippen LogP contribution in [-0.2, 0) is 25.6 Å². The molecule has 14 heteroatoms. The van der Waals surface area contributed by atoms with E-state index in [9.17, 15) is 29.1 Å². The number of likely N-dealkylation sites (tertiary alicyclic amines) is 1. The summed E-state index contributed by atoms with van der Waals surface area (Å²) in [5.41, 5.74) is 16.9. The Bertz CT molecular complexity index is 1220. The molecule has 0 bridgehead atoms. The molecule has 48 heavy (non-hydrogen) atoms. The van der Waals surface area contributed by atoms with Crippen LogP contribution in [0.25, 0.3) is 0 Å². The SMILES string of the molecule is CC(C)C[C@@H](NC(=O)[C@@H](Cc1ccccc1)NC(=O)N(CCN)CC1CC1)C(=O)N[C@H](CCCCN)C(=O)N1CCC(N)(C(=O)O)CC1.